The third kappa shape index (κ3) is 2.86. The summed E-state index contributed by atoms with van der Waals surface area (Å²) in [7, 11) is 0. The number of rotatable bonds is 3. The van der Waals surface area contributed by atoms with Gasteiger partial charge in [0.05, 0.1) is 6.04 Å². The first-order valence-electron chi connectivity index (χ1n) is 7.80. The molecule has 0 amide bonds. The molecule has 1 aliphatic rings. The third-order valence-corrected chi connectivity index (χ3v) is 4.59. The van der Waals surface area contributed by atoms with Gasteiger partial charge in [-0.25, -0.2) is 4.98 Å². The van der Waals surface area contributed by atoms with Gasteiger partial charge in [-0.1, -0.05) is 39.8 Å². The van der Waals surface area contributed by atoms with Gasteiger partial charge in [-0.05, 0) is 12.8 Å². The first-order valence-corrected chi connectivity index (χ1v) is 8.58. The fraction of sp³-hybridized carbons (Fsp3) is 0.733. The lowest BCUT2D eigenvalue weighted by atomic mass is 9.96. The van der Waals surface area contributed by atoms with Gasteiger partial charge in [0.25, 0.3) is 0 Å². The van der Waals surface area contributed by atoms with Crippen LogP contribution in [0.3, 0.4) is 0 Å². The number of aromatic nitrogens is 4. The van der Waals surface area contributed by atoms with Crippen LogP contribution < -0.4 is 4.90 Å². The Kier molecular flexibility index (Phi) is 3.92. The van der Waals surface area contributed by atoms with E-state index in [-0.39, 0.29) is 17.4 Å². The number of hydrogen-bond acceptors (Lipinski definition) is 7. The fourth-order valence-corrected chi connectivity index (χ4v) is 3.45. The van der Waals surface area contributed by atoms with Crippen LogP contribution in [0.25, 0.3) is 0 Å². The highest BCUT2D eigenvalue weighted by atomic mass is 32.1. The molecule has 1 atom stereocenters. The highest BCUT2D eigenvalue weighted by molar-refractivity contribution is 7.09. The van der Waals surface area contributed by atoms with E-state index in [2.05, 4.69) is 54.0 Å². The smallest absolute Gasteiger partial charge is 0.229 e. The van der Waals surface area contributed by atoms with E-state index in [0.717, 1.165) is 36.2 Å². The van der Waals surface area contributed by atoms with Crippen molar-refractivity contribution in [1.82, 2.24) is 19.5 Å². The minimum Gasteiger partial charge on any atom is -0.339 e. The number of hydrogen-bond donors (Lipinski definition) is 0. The Morgan fingerprint density at radius 1 is 1.27 bits per heavy atom. The Labute approximate surface area is 135 Å². The molecule has 0 spiro atoms. The first-order chi connectivity index (χ1) is 10.4. The number of anilines is 1. The molecule has 7 heteroatoms. The molecule has 22 heavy (non-hydrogen) atoms. The predicted molar refractivity (Wildman–Crippen MR) is 86.3 cm³/mol. The maximum absolute atomic E-state index is 5.36. The second-order valence-electron chi connectivity index (χ2n) is 7.15. The van der Waals surface area contributed by atoms with E-state index in [9.17, 15) is 0 Å². The van der Waals surface area contributed by atoms with Crippen LogP contribution in [0.5, 0.6) is 0 Å². The molecule has 0 saturated carbocycles. The van der Waals surface area contributed by atoms with E-state index >= 15 is 0 Å². The SMILES string of the molecule is CC(C)c1nc(C2CCCN2c2nc(C(C)(C)C)ns2)no1. The van der Waals surface area contributed by atoms with E-state index in [0.29, 0.717) is 5.89 Å². The lowest BCUT2D eigenvalue weighted by Gasteiger charge is -2.20. The summed E-state index contributed by atoms with van der Waals surface area (Å²) in [6, 6.07) is 0.150. The summed E-state index contributed by atoms with van der Waals surface area (Å²) >= 11 is 1.46. The van der Waals surface area contributed by atoms with E-state index < -0.39 is 0 Å². The normalized spacial score (nSPS) is 19.4. The van der Waals surface area contributed by atoms with Crippen LogP contribution in [0.1, 0.15) is 77.0 Å². The van der Waals surface area contributed by atoms with Crippen LogP contribution in [0.2, 0.25) is 0 Å². The average molecular weight is 321 g/mol. The molecule has 120 valence electrons. The first kappa shape index (κ1) is 15.4. The average Bonchev–Trinajstić information content (AvgIpc) is 3.17. The predicted octanol–water partition coefficient (Wildman–Crippen LogP) is 3.68. The molecule has 3 rings (SSSR count). The molecular weight excluding hydrogens is 298 g/mol. The summed E-state index contributed by atoms with van der Waals surface area (Å²) in [4.78, 5) is 11.6. The minimum absolute atomic E-state index is 0.0269. The van der Waals surface area contributed by atoms with Crippen molar-refractivity contribution >= 4 is 16.7 Å². The van der Waals surface area contributed by atoms with Crippen LogP contribution in [0, 0.1) is 0 Å². The molecule has 0 aromatic carbocycles. The Hall–Kier alpha value is -1.50. The zero-order valence-corrected chi connectivity index (χ0v) is 14.6. The van der Waals surface area contributed by atoms with E-state index in [4.69, 9.17) is 9.51 Å². The summed E-state index contributed by atoms with van der Waals surface area (Å²) in [5, 5.41) is 5.14. The zero-order chi connectivity index (χ0) is 15.9. The molecule has 1 aliphatic heterocycles. The zero-order valence-electron chi connectivity index (χ0n) is 13.8. The highest BCUT2D eigenvalue weighted by Crippen LogP contribution is 2.37. The van der Waals surface area contributed by atoms with Gasteiger partial charge in [0.1, 0.15) is 5.82 Å². The fourth-order valence-electron chi connectivity index (χ4n) is 2.52. The van der Waals surface area contributed by atoms with Gasteiger partial charge >= 0.3 is 0 Å². The van der Waals surface area contributed by atoms with Crippen LogP contribution in [-0.4, -0.2) is 26.0 Å². The third-order valence-electron chi connectivity index (χ3n) is 3.83. The largest absolute Gasteiger partial charge is 0.339 e. The molecule has 0 N–H and O–H groups in total. The van der Waals surface area contributed by atoms with Gasteiger partial charge in [0.15, 0.2) is 5.82 Å². The molecule has 0 aliphatic carbocycles. The quantitative estimate of drug-likeness (QED) is 0.859. The summed E-state index contributed by atoms with van der Waals surface area (Å²) < 4.78 is 9.88. The molecule has 6 nitrogen and oxygen atoms in total. The van der Waals surface area contributed by atoms with E-state index in [1.54, 1.807) is 0 Å². The van der Waals surface area contributed by atoms with Gasteiger partial charge in [-0.2, -0.15) is 9.36 Å². The monoisotopic (exact) mass is 321 g/mol. The van der Waals surface area contributed by atoms with Crippen LogP contribution in [0.15, 0.2) is 4.52 Å². The van der Waals surface area contributed by atoms with Crippen molar-refractivity contribution in [3.05, 3.63) is 17.5 Å². The molecule has 3 heterocycles. The Morgan fingerprint density at radius 2 is 2.05 bits per heavy atom. The molecule has 0 bridgehead atoms. The topological polar surface area (TPSA) is 67.9 Å². The van der Waals surface area contributed by atoms with Gasteiger partial charge in [0.2, 0.25) is 11.0 Å². The molecule has 0 radical (unpaired) electrons. The molecule has 1 unspecified atom stereocenters. The van der Waals surface area contributed by atoms with Crippen LogP contribution >= 0.6 is 11.5 Å². The van der Waals surface area contributed by atoms with Crippen LogP contribution in [0.4, 0.5) is 5.13 Å². The molecule has 2 aromatic heterocycles. The van der Waals surface area contributed by atoms with Crippen LogP contribution in [-0.2, 0) is 5.41 Å². The second kappa shape index (κ2) is 5.61. The van der Waals surface area contributed by atoms with Gasteiger partial charge < -0.3 is 9.42 Å². The Morgan fingerprint density at radius 3 is 2.64 bits per heavy atom. The van der Waals surface area contributed by atoms with Crippen molar-refractivity contribution in [2.45, 2.75) is 64.8 Å². The summed E-state index contributed by atoms with van der Waals surface area (Å²) in [6.45, 7) is 11.5. The molecular formula is C15H23N5OS. The van der Waals surface area contributed by atoms with Gasteiger partial charge in [-0.15, -0.1) is 0 Å². The highest BCUT2D eigenvalue weighted by Gasteiger charge is 2.33. The Balaban J connectivity index is 1.85. The summed E-state index contributed by atoms with van der Waals surface area (Å²) in [6.07, 6.45) is 2.14. The second-order valence-corrected chi connectivity index (χ2v) is 7.88. The van der Waals surface area contributed by atoms with E-state index in [1.165, 1.54) is 11.5 Å². The van der Waals surface area contributed by atoms with E-state index in [1.807, 2.05) is 0 Å². The maximum atomic E-state index is 5.36. The molecule has 1 fully saturated rings. The minimum atomic E-state index is -0.0269. The van der Waals surface area contributed by atoms with Crippen molar-refractivity contribution in [1.29, 1.82) is 0 Å². The van der Waals surface area contributed by atoms with Gasteiger partial charge in [0, 0.05) is 29.4 Å². The Bertz CT molecular complexity index is 642. The van der Waals surface area contributed by atoms with Crippen molar-refractivity contribution in [3.8, 4) is 0 Å². The number of nitrogens with zero attached hydrogens (tertiary/aromatic N) is 5. The van der Waals surface area contributed by atoms with Crippen molar-refractivity contribution in [2.75, 3.05) is 11.4 Å². The van der Waals surface area contributed by atoms with Gasteiger partial charge in [-0.3, -0.25) is 0 Å². The summed E-state index contributed by atoms with van der Waals surface area (Å²) in [5.74, 6) is 2.63. The summed E-state index contributed by atoms with van der Waals surface area (Å²) in [5.41, 5.74) is -0.0269. The molecule has 2 aromatic rings. The standard InChI is InChI=1S/C15H23N5OS/c1-9(2)12-16-11(18-21-12)10-7-6-8-20(10)14-17-13(19-22-14)15(3,4)5/h9-10H,6-8H2,1-5H3. The maximum Gasteiger partial charge on any atom is 0.229 e. The van der Waals surface area contributed by atoms with Crippen molar-refractivity contribution < 1.29 is 4.52 Å². The molecule has 1 saturated heterocycles. The van der Waals surface area contributed by atoms with Crippen molar-refractivity contribution in [2.24, 2.45) is 0 Å². The lowest BCUT2D eigenvalue weighted by molar-refractivity contribution is 0.358. The lowest BCUT2D eigenvalue weighted by Crippen LogP contribution is -2.23. The van der Waals surface area contributed by atoms with Crippen molar-refractivity contribution in [3.63, 3.8) is 0 Å².